The van der Waals surface area contributed by atoms with E-state index in [9.17, 15) is 0 Å². The number of tetrazole rings is 1. The summed E-state index contributed by atoms with van der Waals surface area (Å²) in [5.74, 6) is 1.93. The minimum Gasteiger partial charge on any atom is -0.493 e. The molecule has 136 valence electrons. The summed E-state index contributed by atoms with van der Waals surface area (Å²) in [6.07, 6.45) is 0. The number of hydrogen-bond donors (Lipinski definition) is 1. The zero-order valence-electron chi connectivity index (χ0n) is 14.9. The van der Waals surface area contributed by atoms with Crippen LogP contribution in [-0.4, -0.2) is 27.3 Å². The average Bonchev–Trinajstić information content (AvgIpc) is 3.05. The van der Waals surface area contributed by atoms with Crippen LogP contribution in [0.1, 0.15) is 16.7 Å². The molecule has 0 radical (unpaired) electrons. The topological polar surface area (TPSA) is 74.1 Å². The SMILES string of the molecule is COc1ccc(Br)c(CNc2nnnn2C)c1OCc1ccc(C)cc1. The van der Waals surface area contributed by atoms with Crippen molar-refractivity contribution in [3.63, 3.8) is 0 Å². The van der Waals surface area contributed by atoms with E-state index < -0.39 is 0 Å². The average molecular weight is 418 g/mol. The van der Waals surface area contributed by atoms with Crippen molar-refractivity contribution in [1.29, 1.82) is 0 Å². The second kappa shape index (κ2) is 8.18. The fraction of sp³-hybridized carbons (Fsp3) is 0.278. The molecular formula is C18H20BrN5O2. The van der Waals surface area contributed by atoms with Crippen molar-refractivity contribution < 1.29 is 9.47 Å². The predicted molar refractivity (Wildman–Crippen MR) is 102 cm³/mol. The molecule has 0 aliphatic carbocycles. The summed E-state index contributed by atoms with van der Waals surface area (Å²) in [7, 11) is 3.41. The highest BCUT2D eigenvalue weighted by molar-refractivity contribution is 9.10. The van der Waals surface area contributed by atoms with Crippen LogP contribution in [0, 0.1) is 6.92 Å². The van der Waals surface area contributed by atoms with Crippen LogP contribution >= 0.6 is 15.9 Å². The Morgan fingerprint density at radius 3 is 2.58 bits per heavy atom. The van der Waals surface area contributed by atoms with Gasteiger partial charge in [0, 0.05) is 23.6 Å². The molecule has 0 aliphatic heterocycles. The second-order valence-electron chi connectivity index (χ2n) is 5.81. The molecule has 3 rings (SSSR count). The molecule has 0 amide bonds. The summed E-state index contributed by atoms with van der Waals surface area (Å²) in [6.45, 7) is 2.99. The number of halogens is 1. The van der Waals surface area contributed by atoms with Crippen LogP contribution in [0.15, 0.2) is 40.9 Å². The number of nitrogens with zero attached hydrogens (tertiary/aromatic N) is 4. The van der Waals surface area contributed by atoms with Gasteiger partial charge in [-0.1, -0.05) is 50.9 Å². The quantitative estimate of drug-likeness (QED) is 0.634. The van der Waals surface area contributed by atoms with Crippen molar-refractivity contribution in [3.8, 4) is 11.5 Å². The van der Waals surface area contributed by atoms with Crippen LogP contribution in [0.25, 0.3) is 0 Å². The van der Waals surface area contributed by atoms with Gasteiger partial charge in [-0.3, -0.25) is 0 Å². The van der Waals surface area contributed by atoms with E-state index in [2.05, 4.69) is 68.0 Å². The van der Waals surface area contributed by atoms with E-state index in [0.29, 0.717) is 30.6 Å². The number of aromatic nitrogens is 4. The zero-order chi connectivity index (χ0) is 18.5. The number of rotatable bonds is 7. The first-order valence-electron chi connectivity index (χ1n) is 8.08. The highest BCUT2D eigenvalue weighted by atomic mass is 79.9. The van der Waals surface area contributed by atoms with Gasteiger partial charge in [0.1, 0.15) is 6.61 Å². The fourth-order valence-corrected chi connectivity index (χ4v) is 2.90. The van der Waals surface area contributed by atoms with Gasteiger partial charge in [0.05, 0.1) is 7.11 Å². The summed E-state index contributed by atoms with van der Waals surface area (Å²) in [5, 5.41) is 14.6. The smallest absolute Gasteiger partial charge is 0.242 e. The molecule has 0 atom stereocenters. The van der Waals surface area contributed by atoms with E-state index in [4.69, 9.17) is 9.47 Å². The predicted octanol–water partition coefficient (Wildman–Crippen LogP) is 3.48. The van der Waals surface area contributed by atoms with Gasteiger partial charge in [-0.15, -0.1) is 0 Å². The summed E-state index contributed by atoms with van der Waals surface area (Å²) in [4.78, 5) is 0. The summed E-state index contributed by atoms with van der Waals surface area (Å²) in [6, 6.07) is 12.1. The molecule has 26 heavy (non-hydrogen) atoms. The van der Waals surface area contributed by atoms with Crippen LogP contribution < -0.4 is 14.8 Å². The van der Waals surface area contributed by atoms with E-state index in [-0.39, 0.29) is 0 Å². The summed E-state index contributed by atoms with van der Waals surface area (Å²) >= 11 is 3.60. The van der Waals surface area contributed by atoms with Crippen LogP contribution in [0.4, 0.5) is 5.95 Å². The first-order chi connectivity index (χ1) is 12.6. The molecule has 0 aliphatic rings. The van der Waals surface area contributed by atoms with E-state index in [0.717, 1.165) is 15.6 Å². The molecule has 8 heteroatoms. The van der Waals surface area contributed by atoms with E-state index >= 15 is 0 Å². The lowest BCUT2D eigenvalue weighted by Crippen LogP contribution is -2.09. The molecule has 1 heterocycles. The monoisotopic (exact) mass is 417 g/mol. The Kier molecular flexibility index (Phi) is 5.72. The zero-order valence-corrected chi connectivity index (χ0v) is 16.4. The summed E-state index contributed by atoms with van der Waals surface area (Å²) < 4.78 is 14.1. The van der Waals surface area contributed by atoms with Gasteiger partial charge in [0.2, 0.25) is 5.95 Å². The number of aryl methyl sites for hydroxylation is 2. The Hall–Kier alpha value is -2.61. The molecule has 3 aromatic rings. The Labute approximate surface area is 160 Å². The highest BCUT2D eigenvalue weighted by Crippen LogP contribution is 2.37. The maximum absolute atomic E-state index is 6.11. The first kappa shape index (κ1) is 18.2. The normalized spacial score (nSPS) is 10.6. The number of nitrogens with one attached hydrogen (secondary N) is 1. The van der Waals surface area contributed by atoms with E-state index in [1.807, 2.05) is 12.1 Å². The first-order valence-corrected chi connectivity index (χ1v) is 8.87. The summed E-state index contributed by atoms with van der Waals surface area (Å²) in [5.41, 5.74) is 3.24. The van der Waals surface area contributed by atoms with Gasteiger partial charge < -0.3 is 14.8 Å². The number of methoxy groups -OCH3 is 1. The van der Waals surface area contributed by atoms with E-state index in [1.54, 1.807) is 18.8 Å². The molecule has 1 aromatic heterocycles. The van der Waals surface area contributed by atoms with Crippen molar-refractivity contribution >= 4 is 21.9 Å². The van der Waals surface area contributed by atoms with Crippen LogP contribution in [0.5, 0.6) is 11.5 Å². The lowest BCUT2D eigenvalue weighted by Gasteiger charge is -2.17. The van der Waals surface area contributed by atoms with Gasteiger partial charge in [-0.05, 0) is 35.0 Å². The molecule has 0 unspecified atom stereocenters. The Bertz CT molecular complexity index is 880. The number of ether oxygens (including phenoxy) is 2. The maximum atomic E-state index is 6.11. The minimum absolute atomic E-state index is 0.450. The van der Waals surface area contributed by atoms with Crippen LogP contribution in [0.2, 0.25) is 0 Å². The van der Waals surface area contributed by atoms with Crippen molar-refractivity contribution in [3.05, 3.63) is 57.6 Å². The standard InChI is InChI=1S/C18H20BrN5O2/c1-12-4-6-13(7-5-12)11-26-17-14(15(19)8-9-16(17)25-3)10-20-18-21-22-23-24(18)2/h4-9H,10-11H2,1-3H3,(H,20,21,23). The van der Waals surface area contributed by atoms with E-state index in [1.165, 1.54) is 5.56 Å². The molecule has 0 saturated carbocycles. The van der Waals surface area contributed by atoms with Gasteiger partial charge in [-0.25, -0.2) is 4.68 Å². The largest absolute Gasteiger partial charge is 0.493 e. The van der Waals surface area contributed by atoms with Crippen LogP contribution in [-0.2, 0) is 20.2 Å². The molecule has 7 nitrogen and oxygen atoms in total. The Balaban J connectivity index is 1.82. The number of anilines is 1. The number of hydrogen-bond acceptors (Lipinski definition) is 6. The molecule has 0 fully saturated rings. The highest BCUT2D eigenvalue weighted by Gasteiger charge is 2.16. The molecular weight excluding hydrogens is 398 g/mol. The third-order valence-corrected chi connectivity index (χ3v) is 4.68. The maximum Gasteiger partial charge on any atom is 0.242 e. The second-order valence-corrected chi connectivity index (χ2v) is 6.67. The van der Waals surface area contributed by atoms with Gasteiger partial charge in [0.15, 0.2) is 11.5 Å². The minimum atomic E-state index is 0.450. The molecule has 0 spiro atoms. The molecule has 0 bridgehead atoms. The lowest BCUT2D eigenvalue weighted by molar-refractivity contribution is 0.281. The van der Waals surface area contributed by atoms with Crippen LogP contribution in [0.3, 0.4) is 0 Å². The molecule has 2 aromatic carbocycles. The number of benzene rings is 2. The van der Waals surface area contributed by atoms with Gasteiger partial charge in [-0.2, -0.15) is 0 Å². The third-order valence-electron chi connectivity index (χ3n) is 3.93. The van der Waals surface area contributed by atoms with Crippen molar-refractivity contribution in [2.75, 3.05) is 12.4 Å². The lowest BCUT2D eigenvalue weighted by atomic mass is 10.1. The Morgan fingerprint density at radius 1 is 1.15 bits per heavy atom. The van der Waals surface area contributed by atoms with Gasteiger partial charge in [0.25, 0.3) is 0 Å². The van der Waals surface area contributed by atoms with Gasteiger partial charge >= 0.3 is 0 Å². The van der Waals surface area contributed by atoms with Crippen molar-refractivity contribution in [2.45, 2.75) is 20.1 Å². The van der Waals surface area contributed by atoms with Crippen molar-refractivity contribution in [2.24, 2.45) is 7.05 Å². The third kappa shape index (κ3) is 4.13. The fourth-order valence-electron chi connectivity index (χ4n) is 2.45. The Morgan fingerprint density at radius 2 is 1.92 bits per heavy atom. The molecule has 1 N–H and O–H groups in total. The van der Waals surface area contributed by atoms with Crippen molar-refractivity contribution in [1.82, 2.24) is 20.2 Å². The molecule has 0 saturated heterocycles.